The zero-order chi connectivity index (χ0) is 39.1. The Balaban J connectivity index is 1.21. The number of fused-ring (bicyclic) bond motifs is 2. The van der Waals surface area contributed by atoms with Crippen LogP contribution in [-0.4, -0.2) is 54.0 Å². The third-order valence-corrected chi connectivity index (χ3v) is 10.1. The van der Waals surface area contributed by atoms with Gasteiger partial charge in [-0.2, -0.15) is 16.8 Å². The predicted molar refractivity (Wildman–Crippen MR) is 202 cm³/mol. The van der Waals surface area contributed by atoms with Gasteiger partial charge in [0.05, 0.1) is 21.2 Å². The van der Waals surface area contributed by atoms with Crippen LogP contribution in [0.25, 0.3) is 21.5 Å². The minimum Gasteiger partial charge on any atom is -0.507 e. The SMILES string of the molecule is Cc1ccc(NC(=O)Nc2ccc(C)c(C(=O)Nc3cc(S(=O)(=O)O)cc4cccc(O)c34)c2)cc1C(=O)Nc1cc(S(=O)(=O)O)cc2cccc(O)c12. The lowest BCUT2D eigenvalue weighted by molar-refractivity contribution is 0.101. The summed E-state index contributed by atoms with van der Waals surface area (Å²) in [5.74, 6) is -1.93. The monoisotopic (exact) mass is 770 g/mol. The number of phenolic OH excluding ortho intramolecular Hbond substituents is 2. The van der Waals surface area contributed by atoms with Gasteiger partial charge < -0.3 is 31.5 Å². The Labute approximate surface area is 307 Å². The maximum atomic E-state index is 13.5. The van der Waals surface area contributed by atoms with E-state index >= 15 is 0 Å². The van der Waals surface area contributed by atoms with Crippen LogP contribution in [0.3, 0.4) is 0 Å². The molecule has 0 aliphatic carbocycles. The maximum absolute atomic E-state index is 13.5. The van der Waals surface area contributed by atoms with Crippen molar-refractivity contribution >= 4 is 82.4 Å². The summed E-state index contributed by atoms with van der Waals surface area (Å²) in [7, 11) is -9.34. The summed E-state index contributed by atoms with van der Waals surface area (Å²) in [6.07, 6.45) is 0. The molecule has 0 aromatic heterocycles. The zero-order valence-corrected chi connectivity index (χ0v) is 29.8. The third-order valence-electron chi connectivity index (χ3n) is 8.43. The number of hydrogen-bond donors (Lipinski definition) is 8. The zero-order valence-electron chi connectivity index (χ0n) is 28.2. The van der Waals surface area contributed by atoms with Gasteiger partial charge in [-0.1, -0.05) is 36.4 Å². The van der Waals surface area contributed by atoms with E-state index in [1.165, 1.54) is 60.7 Å². The highest BCUT2D eigenvalue weighted by atomic mass is 32.2. The van der Waals surface area contributed by atoms with Crippen molar-refractivity contribution < 1.29 is 50.5 Å². The number of aromatic hydroxyl groups is 2. The average Bonchev–Trinajstić information content (AvgIpc) is 3.09. The molecule has 0 radical (unpaired) electrons. The second kappa shape index (κ2) is 14.1. The topological polar surface area (TPSA) is 249 Å². The van der Waals surface area contributed by atoms with Crippen molar-refractivity contribution in [3.8, 4) is 11.5 Å². The summed E-state index contributed by atoms with van der Waals surface area (Å²) < 4.78 is 67.0. The fraction of sp³-hybridized carbons (Fsp3) is 0.0541. The Kier molecular flexibility index (Phi) is 9.74. The quantitative estimate of drug-likeness (QED) is 0.0760. The van der Waals surface area contributed by atoms with Gasteiger partial charge >= 0.3 is 6.03 Å². The molecule has 0 aliphatic heterocycles. The number of nitrogens with one attached hydrogen (secondary N) is 4. The van der Waals surface area contributed by atoms with Crippen LogP contribution in [0.2, 0.25) is 0 Å². The second-order valence-corrected chi connectivity index (χ2v) is 15.0. The maximum Gasteiger partial charge on any atom is 0.323 e. The summed E-state index contributed by atoms with van der Waals surface area (Å²) in [6.45, 7) is 3.26. The number of urea groups is 1. The lowest BCUT2D eigenvalue weighted by Crippen LogP contribution is -2.21. The van der Waals surface area contributed by atoms with E-state index in [-0.39, 0.29) is 66.9 Å². The number of carbonyl (C=O) groups is 3. The largest absolute Gasteiger partial charge is 0.507 e. The molecular weight excluding hydrogens is 741 g/mol. The van der Waals surface area contributed by atoms with Gasteiger partial charge in [-0.3, -0.25) is 18.7 Å². The normalized spacial score (nSPS) is 11.6. The van der Waals surface area contributed by atoms with Gasteiger partial charge in [0.2, 0.25) is 0 Å². The molecule has 0 saturated heterocycles. The molecule has 8 N–H and O–H groups in total. The first-order chi connectivity index (χ1) is 25.4. The first kappa shape index (κ1) is 37.2. The van der Waals surface area contributed by atoms with Crippen LogP contribution in [0.15, 0.2) is 107 Å². The van der Waals surface area contributed by atoms with Crippen molar-refractivity contribution in [3.63, 3.8) is 0 Å². The Morgan fingerprint density at radius 1 is 0.519 bits per heavy atom. The lowest BCUT2D eigenvalue weighted by atomic mass is 10.0. The number of aryl methyl sites for hydroxylation is 2. The van der Waals surface area contributed by atoms with Gasteiger partial charge in [0.1, 0.15) is 11.5 Å². The minimum atomic E-state index is -4.67. The van der Waals surface area contributed by atoms with Crippen LogP contribution in [0.5, 0.6) is 11.5 Å². The Morgan fingerprint density at radius 2 is 0.907 bits per heavy atom. The molecule has 0 aliphatic rings. The molecule has 0 saturated carbocycles. The van der Waals surface area contributed by atoms with E-state index < -0.39 is 47.9 Å². The molecule has 6 aromatic rings. The van der Waals surface area contributed by atoms with Gasteiger partial charge in [-0.05, 0) is 96.4 Å². The number of rotatable bonds is 8. The van der Waals surface area contributed by atoms with Gasteiger partial charge in [0.25, 0.3) is 32.1 Å². The molecule has 0 fully saturated rings. The fourth-order valence-corrected chi connectivity index (χ4v) is 6.90. The van der Waals surface area contributed by atoms with E-state index in [0.29, 0.717) is 11.1 Å². The van der Waals surface area contributed by atoms with Crippen molar-refractivity contribution in [2.75, 3.05) is 21.3 Å². The number of hydrogen-bond acceptors (Lipinski definition) is 9. The van der Waals surface area contributed by atoms with Crippen molar-refractivity contribution in [3.05, 3.63) is 119 Å². The number of phenols is 2. The summed E-state index contributed by atoms with van der Waals surface area (Å²) in [5, 5.41) is 32.1. The van der Waals surface area contributed by atoms with Crippen LogP contribution >= 0.6 is 0 Å². The molecule has 0 unspecified atom stereocenters. The van der Waals surface area contributed by atoms with Crippen molar-refractivity contribution in [1.29, 1.82) is 0 Å². The minimum absolute atomic E-state index is 0.0829. The average molecular weight is 771 g/mol. The van der Waals surface area contributed by atoms with Gasteiger partial charge in [-0.25, -0.2) is 4.79 Å². The standard InChI is InChI=1S/C37H30N4O11S2/c1-19-9-11-23(15-27(19)35(44)40-29-17-25(53(47,48)49)13-21-5-3-7-31(42)33(21)29)38-37(46)39-24-12-10-20(2)28(16-24)36(45)41-30-18-26(54(50,51)52)14-22-6-4-8-32(43)34(22)30/h3-18,42-43H,1-2H3,(H,40,44)(H,41,45)(H2,38,39,46)(H,47,48,49)(H,50,51,52). The van der Waals surface area contributed by atoms with E-state index in [1.807, 2.05) is 0 Å². The number of carbonyl (C=O) groups excluding carboxylic acids is 3. The first-order valence-electron chi connectivity index (χ1n) is 15.8. The number of amides is 4. The lowest BCUT2D eigenvalue weighted by Gasteiger charge is -2.15. The van der Waals surface area contributed by atoms with Gasteiger partial charge in [0, 0.05) is 33.3 Å². The summed E-state index contributed by atoms with van der Waals surface area (Å²) in [5.41, 5.74) is 1.31. The van der Waals surface area contributed by atoms with Crippen LogP contribution in [0, 0.1) is 13.8 Å². The molecule has 54 heavy (non-hydrogen) atoms. The van der Waals surface area contributed by atoms with Crippen LogP contribution in [0.4, 0.5) is 27.5 Å². The molecule has 6 aromatic carbocycles. The molecule has 0 spiro atoms. The van der Waals surface area contributed by atoms with Gasteiger partial charge in [-0.15, -0.1) is 0 Å². The van der Waals surface area contributed by atoms with Crippen LogP contribution in [0.1, 0.15) is 31.8 Å². The molecule has 4 amide bonds. The molecule has 276 valence electrons. The van der Waals surface area contributed by atoms with E-state index in [9.17, 15) is 50.5 Å². The van der Waals surface area contributed by atoms with Crippen LogP contribution < -0.4 is 21.3 Å². The van der Waals surface area contributed by atoms with Crippen molar-refractivity contribution in [2.45, 2.75) is 23.6 Å². The molecule has 6 rings (SSSR count). The Hall–Kier alpha value is -6.53. The highest BCUT2D eigenvalue weighted by Gasteiger charge is 2.21. The molecule has 0 heterocycles. The summed E-state index contributed by atoms with van der Waals surface area (Å²) >= 11 is 0. The van der Waals surface area contributed by atoms with E-state index in [4.69, 9.17) is 0 Å². The second-order valence-electron chi connectivity index (χ2n) is 12.2. The molecule has 0 bridgehead atoms. The molecular formula is C37H30N4O11S2. The predicted octanol–water partition coefficient (Wildman–Crippen LogP) is 6.66. The molecule has 17 heteroatoms. The Bertz CT molecular complexity index is 2600. The molecule has 0 atom stereocenters. The van der Waals surface area contributed by atoms with Gasteiger partial charge in [0.15, 0.2) is 0 Å². The Morgan fingerprint density at radius 3 is 1.28 bits per heavy atom. The fourth-order valence-electron chi connectivity index (χ4n) is 5.82. The van der Waals surface area contributed by atoms with E-state index in [0.717, 1.165) is 24.3 Å². The highest BCUT2D eigenvalue weighted by Crippen LogP contribution is 2.36. The molecule has 15 nitrogen and oxygen atoms in total. The third kappa shape index (κ3) is 7.79. The highest BCUT2D eigenvalue weighted by molar-refractivity contribution is 7.86. The first-order valence-corrected chi connectivity index (χ1v) is 18.7. The van der Waals surface area contributed by atoms with E-state index in [2.05, 4.69) is 21.3 Å². The van der Waals surface area contributed by atoms with Crippen molar-refractivity contribution in [1.82, 2.24) is 0 Å². The smallest absolute Gasteiger partial charge is 0.323 e. The number of benzene rings is 6. The van der Waals surface area contributed by atoms with Crippen LogP contribution in [-0.2, 0) is 20.2 Å². The van der Waals surface area contributed by atoms with Crippen molar-refractivity contribution in [2.24, 2.45) is 0 Å². The number of anilines is 4. The summed E-state index contributed by atoms with van der Waals surface area (Å²) in [6, 6.07) is 21.1. The van der Waals surface area contributed by atoms with E-state index in [1.54, 1.807) is 26.0 Å². The summed E-state index contributed by atoms with van der Waals surface area (Å²) in [4.78, 5) is 39.0.